The summed E-state index contributed by atoms with van der Waals surface area (Å²) in [5.41, 5.74) is -2.45. The monoisotopic (exact) mass is 370 g/mol. The van der Waals surface area contributed by atoms with Gasteiger partial charge in [-0.3, -0.25) is 10.1 Å². The van der Waals surface area contributed by atoms with Gasteiger partial charge in [0.2, 0.25) is 0 Å². The van der Waals surface area contributed by atoms with Crippen molar-refractivity contribution in [1.29, 1.82) is 0 Å². The molecule has 0 aliphatic rings. The molecule has 1 rings (SSSR count). The van der Waals surface area contributed by atoms with Crippen molar-refractivity contribution in [2.45, 2.75) is 38.6 Å². The van der Waals surface area contributed by atoms with Crippen molar-refractivity contribution in [3.63, 3.8) is 0 Å². The van der Waals surface area contributed by atoms with E-state index < -0.39 is 43.1 Å². The van der Waals surface area contributed by atoms with Crippen molar-refractivity contribution < 1.29 is 22.3 Å². The molecule has 0 aliphatic heterocycles. The molecule has 0 bridgehead atoms. The van der Waals surface area contributed by atoms with Crippen LogP contribution < -0.4 is 0 Å². The van der Waals surface area contributed by atoms with Crippen LogP contribution in [0.2, 0.25) is 5.02 Å². The van der Waals surface area contributed by atoms with Crippen LogP contribution >= 0.6 is 11.6 Å². The van der Waals surface area contributed by atoms with Crippen molar-refractivity contribution in [2.75, 3.05) is 0 Å². The van der Waals surface area contributed by atoms with E-state index in [1.54, 1.807) is 20.8 Å². The topological polar surface area (TPSA) is 72.6 Å². The van der Waals surface area contributed by atoms with Crippen LogP contribution in [-0.2, 0) is 17.2 Å². The van der Waals surface area contributed by atoms with E-state index in [2.05, 4.69) is 4.40 Å². The fraction of sp³-hybridized carbons (Fsp3) is 0.462. The second-order valence-corrected chi connectivity index (χ2v) is 7.93. The molecule has 10 heteroatoms. The van der Waals surface area contributed by atoms with Crippen molar-refractivity contribution in [3.8, 4) is 0 Å². The van der Waals surface area contributed by atoms with Gasteiger partial charge in [-0.05, 0) is 27.7 Å². The smallest absolute Gasteiger partial charge is 0.258 e. The molecule has 0 saturated carbocycles. The van der Waals surface area contributed by atoms with E-state index in [0.717, 1.165) is 6.07 Å². The van der Waals surface area contributed by atoms with E-state index in [1.165, 1.54) is 6.92 Å². The van der Waals surface area contributed by atoms with Crippen LogP contribution in [0.3, 0.4) is 0 Å². The first-order valence-electron chi connectivity index (χ1n) is 6.28. The van der Waals surface area contributed by atoms with Crippen LogP contribution in [0, 0.1) is 10.1 Å². The van der Waals surface area contributed by atoms with Crippen LogP contribution in [0.1, 0.15) is 38.8 Å². The lowest BCUT2D eigenvalue weighted by molar-refractivity contribution is -0.385. The third-order valence-corrected chi connectivity index (χ3v) is 4.60. The second kappa shape index (κ2) is 6.56. The minimum Gasteiger partial charge on any atom is -0.258 e. The molecule has 1 atom stereocenters. The Labute approximate surface area is 138 Å². The summed E-state index contributed by atoms with van der Waals surface area (Å²) in [6.07, 6.45) is -4.86. The number of hydrogen-bond donors (Lipinski definition) is 0. The van der Waals surface area contributed by atoms with Gasteiger partial charge in [-0.2, -0.15) is 17.6 Å². The van der Waals surface area contributed by atoms with Crippen molar-refractivity contribution in [2.24, 2.45) is 4.40 Å². The minimum absolute atomic E-state index is 0.0718. The van der Waals surface area contributed by atoms with Crippen LogP contribution in [0.25, 0.3) is 0 Å². The quantitative estimate of drug-likeness (QED) is 0.445. The molecule has 0 N–H and O–H groups in total. The Kier molecular flexibility index (Phi) is 5.58. The lowest BCUT2D eigenvalue weighted by Gasteiger charge is -2.15. The number of nitro benzene ring substituents is 1. The van der Waals surface area contributed by atoms with E-state index in [9.17, 15) is 27.5 Å². The zero-order chi connectivity index (χ0) is 18.2. The molecule has 0 fully saturated rings. The Morgan fingerprint density at radius 2 is 1.83 bits per heavy atom. The van der Waals surface area contributed by atoms with Gasteiger partial charge in [0, 0.05) is 17.7 Å². The maximum Gasteiger partial charge on any atom is 0.418 e. The first-order valence-corrected chi connectivity index (χ1v) is 7.76. The highest BCUT2D eigenvalue weighted by molar-refractivity contribution is 7.85. The van der Waals surface area contributed by atoms with Gasteiger partial charge in [-0.15, -0.1) is 0 Å². The molecule has 0 radical (unpaired) electrons. The number of alkyl halides is 3. The fourth-order valence-corrected chi connectivity index (χ4v) is 2.47. The van der Waals surface area contributed by atoms with Gasteiger partial charge in [0.25, 0.3) is 5.69 Å². The Morgan fingerprint density at radius 3 is 2.22 bits per heavy atom. The average molecular weight is 371 g/mol. The lowest BCUT2D eigenvalue weighted by atomic mass is 10.1. The lowest BCUT2D eigenvalue weighted by Crippen LogP contribution is -2.21. The van der Waals surface area contributed by atoms with Crippen molar-refractivity contribution >= 4 is 34.0 Å². The number of non-ortho nitro benzene ring substituents is 1. The SMILES string of the molecule is C/C(=N/[S@](=O)C(C)(C)C)c1cc([N+](=O)[O-])cc(C(F)(F)F)c1Cl. The standard InChI is InChI=1S/C13H14ClF3N2O3S/c1-7(18-23(22)12(2,3)4)9-5-8(19(20)21)6-10(11(9)14)13(15,16)17/h5-6H,1-4H3/b18-7-/t23-/m1/s1. The molecule has 0 heterocycles. The van der Waals surface area contributed by atoms with Gasteiger partial charge >= 0.3 is 6.18 Å². The number of nitro groups is 1. The van der Waals surface area contributed by atoms with Crippen molar-refractivity contribution in [3.05, 3.63) is 38.4 Å². The predicted molar refractivity (Wildman–Crippen MR) is 83.2 cm³/mol. The number of hydrogen-bond acceptors (Lipinski definition) is 3. The Morgan fingerprint density at radius 1 is 1.30 bits per heavy atom. The Hall–Kier alpha value is -1.48. The fourth-order valence-electron chi connectivity index (χ4n) is 1.49. The van der Waals surface area contributed by atoms with E-state index in [-0.39, 0.29) is 11.3 Å². The number of benzene rings is 1. The maximum absolute atomic E-state index is 13.0. The Balaban J connectivity index is 3.58. The highest BCUT2D eigenvalue weighted by Crippen LogP contribution is 2.39. The summed E-state index contributed by atoms with van der Waals surface area (Å²) in [6.45, 7) is 6.21. The highest BCUT2D eigenvalue weighted by Gasteiger charge is 2.36. The highest BCUT2D eigenvalue weighted by atomic mass is 35.5. The molecule has 5 nitrogen and oxygen atoms in total. The minimum atomic E-state index is -4.86. The van der Waals surface area contributed by atoms with Crippen LogP contribution in [0.5, 0.6) is 0 Å². The third-order valence-electron chi connectivity index (χ3n) is 2.71. The second-order valence-electron chi connectivity index (χ2n) is 5.65. The summed E-state index contributed by atoms with van der Waals surface area (Å²) in [7, 11) is -1.74. The maximum atomic E-state index is 13.0. The predicted octanol–water partition coefficient (Wildman–Crippen LogP) is 4.54. The van der Waals surface area contributed by atoms with Crippen LogP contribution in [-0.4, -0.2) is 19.6 Å². The summed E-state index contributed by atoms with van der Waals surface area (Å²) in [4.78, 5) is 9.89. The summed E-state index contributed by atoms with van der Waals surface area (Å²) >= 11 is 5.74. The van der Waals surface area contributed by atoms with Gasteiger partial charge in [0.1, 0.15) is 11.0 Å². The molecule has 0 unspecified atom stereocenters. The molecule has 0 aromatic heterocycles. The molecule has 128 valence electrons. The molecule has 0 spiro atoms. The van der Waals surface area contributed by atoms with Crippen molar-refractivity contribution in [1.82, 2.24) is 0 Å². The number of nitrogens with zero attached hydrogens (tertiary/aromatic N) is 2. The molecule has 0 saturated heterocycles. The van der Waals surface area contributed by atoms with E-state index >= 15 is 0 Å². The average Bonchev–Trinajstić information content (AvgIpc) is 2.35. The zero-order valence-electron chi connectivity index (χ0n) is 12.7. The van der Waals surface area contributed by atoms with Gasteiger partial charge in [0.15, 0.2) is 0 Å². The molecule has 1 aromatic carbocycles. The van der Waals surface area contributed by atoms with Gasteiger partial charge in [0.05, 0.1) is 26.0 Å². The first kappa shape index (κ1) is 19.6. The molecule has 23 heavy (non-hydrogen) atoms. The number of rotatable bonds is 3. The zero-order valence-corrected chi connectivity index (χ0v) is 14.3. The van der Waals surface area contributed by atoms with Gasteiger partial charge in [-0.1, -0.05) is 11.6 Å². The molecular weight excluding hydrogens is 357 g/mol. The molecule has 0 aliphatic carbocycles. The summed E-state index contributed by atoms with van der Waals surface area (Å²) in [6, 6.07) is 1.25. The molecule has 1 aromatic rings. The van der Waals surface area contributed by atoms with Crippen LogP contribution in [0.4, 0.5) is 18.9 Å². The molecular formula is C13H14ClF3N2O3S. The summed E-state index contributed by atoms with van der Waals surface area (Å²) in [5, 5.41) is 10.1. The largest absolute Gasteiger partial charge is 0.418 e. The van der Waals surface area contributed by atoms with E-state index in [0.29, 0.717) is 6.07 Å². The Bertz CT molecular complexity index is 697. The van der Waals surface area contributed by atoms with E-state index in [4.69, 9.17) is 11.6 Å². The van der Waals surface area contributed by atoms with Gasteiger partial charge in [-0.25, -0.2) is 4.21 Å². The first-order chi connectivity index (χ1) is 10.2. The normalized spacial score (nSPS) is 14.7. The van der Waals surface area contributed by atoms with Crippen LogP contribution in [0.15, 0.2) is 16.5 Å². The summed E-state index contributed by atoms with van der Waals surface area (Å²) in [5.74, 6) is 0. The summed E-state index contributed by atoms with van der Waals surface area (Å²) < 4.78 is 54.0. The molecule has 0 amide bonds. The van der Waals surface area contributed by atoms with Gasteiger partial charge < -0.3 is 0 Å². The van der Waals surface area contributed by atoms with E-state index in [1.807, 2.05) is 0 Å². The third kappa shape index (κ3) is 4.74. The number of halogens is 4.